The van der Waals surface area contributed by atoms with Crippen LogP contribution in [0.25, 0.3) is 0 Å². The van der Waals surface area contributed by atoms with Crippen molar-refractivity contribution in [3.63, 3.8) is 0 Å². The monoisotopic (exact) mass is 321 g/mol. The number of benzene rings is 1. The van der Waals surface area contributed by atoms with Crippen LogP contribution in [0.15, 0.2) is 24.3 Å². The highest BCUT2D eigenvalue weighted by molar-refractivity contribution is 6.18. The van der Waals surface area contributed by atoms with E-state index in [1.807, 2.05) is 43.0 Å². The van der Waals surface area contributed by atoms with Crippen LogP contribution in [0, 0.1) is 0 Å². The van der Waals surface area contributed by atoms with E-state index in [0.717, 1.165) is 31.5 Å². The fourth-order valence-electron chi connectivity index (χ4n) is 2.88. The summed E-state index contributed by atoms with van der Waals surface area (Å²) in [6.45, 7) is 5.63. The first-order valence-corrected chi connectivity index (χ1v) is 8.49. The lowest BCUT2D eigenvalue weighted by Gasteiger charge is -2.29. The van der Waals surface area contributed by atoms with Gasteiger partial charge in [0.15, 0.2) is 5.78 Å². The topological polar surface area (TPSA) is 37.4 Å². The number of amides is 1. The Morgan fingerprint density at radius 3 is 2.27 bits per heavy atom. The maximum absolute atomic E-state index is 12.7. The highest BCUT2D eigenvalue weighted by Gasteiger charge is 2.34. The Labute approximate surface area is 137 Å². The number of Topliss-reactive ketones (excluding diaryl/α,β-unsaturated/α-hetero) is 1. The zero-order valence-electron chi connectivity index (χ0n) is 13.4. The van der Waals surface area contributed by atoms with E-state index >= 15 is 0 Å². The van der Waals surface area contributed by atoms with Crippen LogP contribution in [0.4, 0.5) is 0 Å². The summed E-state index contributed by atoms with van der Waals surface area (Å²) in [7, 11) is 0. The first-order chi connectivity index (χ1) is 10.5. The fourth-order valence-corrected chi connectivity index (χ4v) is 3.02. The van der Waals surface area contributed by atoms with Crippen molar-refractivity contribution in [3.8, 4) is 0 Å². The lowest BCUT2D eigenvalue weighted by molar-refractivity contribution is -0.135. The van der Waals surface area contributed by atoms with Gasteiger partial charge in [0.1, 0.15) is 0 Å². The first kappa shape index (κ1) is 17.0. The number of rotatable bonds is 6. The highest BCUT2D eigenvalue weighted by Crippen LogP contribution is 2.28. The molecule has 4 heteroatoms. The second kappa shape index (κ2) is 7.28. The minimum Gasteiger partial charge on any atom is -0.342 e. The SMILES string of the molecule is CC(C)(C(=O)N1CCCC1)c1ccc(C(=O)CCCCl)cc1. The van der Waals surface area contributed by atoms with Crippen LogP contribution < -0.4 is 0 Å². The van der Waals surface area contributed by atoms with E-state index in [9.17, 15) is 9.59 Å². The van der Waals surface area contributed by atoms with Gasteiger partial charge in [-0.1, -0.05) is 24.3 Å². The van der Waals surface area contributed by atoms with Crippen molar-refractivity contribution in [2.24, 2.45) is 0 Å². The van der Waals surface area contributed by atoms with Gasteiger partial charge in [0.2, 0.25) is 5.91 Å². The van der Waals surface area contributed by atoms with Crippen molar-refractivity contribution < 1.29 is 9.59 Å². The third-order valence-electron chi connectivity index (χ3n) is 4.39. The standard InChI is InChI=1S/C18H24ClNO2/c1-18(2,17(22)20-12-3-4-13-20)15-9-7-14(8-10-15)16(21)6-5-11-19/h7-10H,3-6,11-13H2,1-2H3. The van der Waals surface area contributed by atoms with Crippen LogP contribution in [0.5, 0.6) is 0 Å². The number of alkyl halides is 1. The molecule has 0 saturated carbocycles. The van der Waals surface area contributed by atoms with Gasteiger partial charge in [-0.25, -0.2) is 0 Å². The Hall–Kier alpha value is -1.35. The normalized spacial score (nSPS) is 15.1. The summed E-state index contributed by atoms with van der Waals surface area (Å²) < 4.78 is 0. The molecule has 1 fully saturated rings. The molecule has 0 aromatic heterocycles. The van der Waals surface area contributed by atoms with Crippen LogP contribution in [0.1, 0.15) is 55.5 Å². The van der Waals surface area contributed by atoms with Crippen LogP contribution in [-0.4, -0.2) is 35.6 Å². The number of hydrogen-bond donors (Lipinski definition) is 0. The second-order valence-electron chi connectivity index (χ2n) is 6.42. The number of likely N-dealkylation sites (tertiary alicyclic amines) is 1. The molecule has 1 aliphatic rings. The molecular weight excluding hydrogens is 298 g/mol. The third-order valence-corrected chi connectivity index (χ3v) is 4.66. The van der Waals surface area contributed by atoms with Gasteiger partial charge in [0.25, 0.3) is 0 Å². The van der Waals surface area contributed by atoms with Crippen LogP contribution in [0.2, 0.25) is 0 Å². The lowest BCUT2D eigenvalue weighted by Crippen LogP contribution is -2.41. The predicted octanol–water partition coefficient (Wildman–Crippen LogP) is 3.79. The van der Waals surface area contributed by atoms with Crippen molar-refractivity contribution in [1.82, 2.24) is 4.90 Å². The van der Waals surface area contributed by atoms with Gasteiger partial charge in [-0.2, -0.15) is 0 Å². The summed E-state index contributed by atoms with van der Waals surface area (Å²) in [6.07, 6.45) is 3.35. The van der Waals surface area contributed by atoms with Crippen LogP contribution in [-0.2, 0) is 10.2 Å². The summed E-state index contributed by atoms with van der Waals surface area (Å²) in [4.78, 5) is 26.6. The Morgan fingerprint density at radius 2 is 1.73 bits per heavy atom. The van der Waals surface area contributed by atoms with Gasteiger partial charge in [-0.15, -0.1) is 11.6 Å². The van der Waals surface area contributed by atoms with Gasteiger partial charge in [0, 0.05) is 31.0 Å². The summed E-state index contributed by atoms with van der Waals surface area (Å²) in [5.74, 6) is 0.781. The zero-order valence-corrected chi connectivity index (χ0v) is 14.2. The van der Waals surface area contributed by atoms with E-state index < -0.39 is 5.41 Å². The summed E-state index contributed by atoms with van der Waals surface area (Å²) in [5, 5.41) is 0. The summed E-state index contributed by atoms with van der Waals surface area (Å²) in [5.41, 5.74) is 1.10. The van der Waals surface area contributed by atoms with Gasteiger partial charge in [-0.05, 0) is 38.7 Å². The number of carbonyl (C=O) groups is 2. The molecule has 0 N–H and O–H groups in total. The minimum absolute atomic E-state index is 0.107. The van der Waals surface area contributed by atoms with Crippen LogP contribution in [0.3, 0.4) is 0 Å². The Bertz CT molecular complexity index is 531. The molecule has 22 heavy (non-hydrogen) atoms. The highest BCUT2D eigenvalue weighted by atomic mass is 35.5. The average molecular weight is 322 g/mol. The lowest BCUT2D eigenvalue weighted by atomic mass is 9.82. The third kappa shape index (κ3) is 3.70. The summed E-state index contributed by atoms with van der Waals surface area (Å²) >= 11 is 5.62. The van der Waals surface area contributed by atoms with Gasteiger partial charge in [-0.3, -0.25) is 9.59 Å². The molecular formula is C18H24ClNO2. The number of ketones is 1. The molecule has 2 rings (SSSR count). The summed E-state index contributed by atoms with van der Waals surface area (Å²) in [6, 6.07) is 7.46. The molecule has 1 saturated heterocycles. The molecule has 1 aliphatic heterocycles. The Balaban J connectivity index is 2.11. The average Bonchev–Trinajstić information content (AvgIpc) is 3.06. The molecule has 0 bridgehead atoms. The molecule has 120 valence electrons. The number of halogens is 1. The number of hydrogen-bond acceptors (Lipinski definition) is 2. The van der Waals surface area contributed by atoms with E-state index in [-0.39, 0.29) is 11.7 Å². The second-order valence-corrected chi connectivity index (χ2v) is 6.80. The maximum Gasteiger partial charge on any atom is 0.232 e. The Morgan fingerprint density at radius 1 is 1.14 bits per heavy atom. The molecule has 0 spiro atoms. The van der Waals surface area contributed by atoms with Crippen LogP contribution >= 0.6 is 11.6 Å². The number of carbonyl (C=O) groups excluding carboxylic acids is 2. The molecule has 1 aromatic carbocycles. The molecule has 0 radical (unpaired) electrons. The van der Waals surface area contributed by atoms with Crippen molar-refractivity contribution in [2.45, 2.75) is 44.9 Å². The molecule has 0 aliphatic carbocycles. The zero-order chi connectivity index (χ0) is 16.2. The first-order valence-electron chi connectivity index (χ1n) is 7.96. The predicted molar refractivity (Wildman–Crippen MR) is 89.6 cm³/mol. The van der Waals surface area contributed by atoms with E-state index in [1.165, 1.54) is 0 Å². The molecule has 1 heterocycles. The quantitative estimate of drug-likeness (QED) is 0.590. The van der Waals surface area contributed by atoms with Gasteiger partial charge >= 0.3 is 0 Å². The van der Waals surface area contributed by atoms with E-state index in [4.69, 9.17) is 11.6 Å². The van der Waals surface area contributed by atoms with E-state index in [1.54, 1.807) is 0 Å². The fraction of sp³-hybridized carbons (Fsp3) is 0.556. The Kier molecular flexibility index (Phi) is 5.63. The van der Waals surface area contributed by atoms with Crippen molar-refractivity contribution >= 4 is 23.3 Å². The largest absolute Gasteiger partial charge is 0.342 e. The molecule has 0 unspecified atom stereocenters. The van der Waals surface area contributed by atoms with E-state index in [2.05, 4.69) is 0 Å². The molecule has 0 atom stereocenters. The maximum atomic E-state index is 12.7. The van der Waals surface area contributed by atoms with Crippen molar-refractivity contribution in [3.05, 3.63) is 35.4 Å². The van der Waals surface area contributed by atoms with E-state index in [0.29, 0.717) is 24.3 Å². The number of nitrogens with zero attached hydrogens (tertiary/aromatic N) is 1. The molecule has 1 amide bonds. The molecule has 1 aromatic rings. The van der Waals surface area contributed by atoms with Crippen molar-refractivity contribution in [1.29, 1.82) is 0 Å². The smallest absolute Gasteiger partial charge is 0.232 e. The molecule has 3 nitrogen and oxygen atoms in total. The van der Waals surface area contributed by atoms with Crippen molar-refractivity contribution in [2.75, 3.05) is 19.0 Å². The minimum atomic E-state index is -0.554. The van der Waals surface area contributed by atoms with Gasteiger partial charge < -0.3 is 4.90 Å². The van der Waals surface area contributed by atoms with Gasteiger partial charge in [0.05, 0.1) is 5.41 Å².